The van der Waals surface area contributed by atoms with E-state index in [1.54, 1.807) is 120 Å². The van der Waals surface area contributed by atoms with Gasteiger partial charge in [-0.05, 0) is 192 Å². The summed E-state index contributed by atoms with van der Waals surface area (Å²) in [5, 5.41) is 18.9. The molecule has 536 valence electrons. The Balaban J connectivity index is -0.00000110. The van der Waals surface area contributed by atoms with Crippen LogP contribution in [0.5, 0.6) is 17.2 Å². The summed E-state index contributed by atoms with van der Waals surface area (Å²) in [4.78, 5) is 77.8. The van der Waals surface area contributed by atoms with Crippen molar-refractivity contribution in [2.75, 3.05) is 26.3 Å². The molecular weight excluding hydrogens is 1580 g/mol. The molecule has 0 bridgehead atoms. The fraction of sp³-hybridized carbons (Fsp3) is 0.507. The monoisotopic (exact) mass is 1680 g/mol. The number of nitrogens with zero attached hydrogens (tertiary/aromatic N) is 3. The molecule has 5 aliphatic rings. The summed E-state index contributed by atoms with van der Waals surface area (Å²) in [6.45, 7) is 23.3. The van der Waals surface area contributed by atoms with Gasteiger partial charge in [-0.1, -0.05) is 137 Å². The first-order valence-electron chi connectivity index (χ1n) is 30.4. The number of benzene rings is 3. The molecule has 3 heterocycles. The van der Waals surface area contributed by atoms with Gasteiger partial charge in [0.05, 0.1) is 42.4 Å². The van der Waals surface area contributed by atoms with E-state index in [0.717, 1.165) is 16.0 Å². The Labute approximate surface area is 618 Å². The summed E-state index contributed by atoms with van der Waals surface area (Å²) >= 11 is 20.2. The third-order valence-electron chi connectivity index (χ3n) is 14.0. The molecule has 3 aromatic carbocycles. The van der Waals surface area contributed by atoms with Crippen LogP contribution in [-0.4, -0.2) is 140 Å². The molecule has 26 heteroatoms. The van der Waals surface area contributed by atoms with Crippen LogP contribution in [-0.2, 0) is 67.6 Å². The van der Waals surface area contributed by atoms with Crippen molar-refractivity contribution in [3.05, 3.63) is 142 Å². The van der Waals surface area contributed by atoms with Gasteiger partial charge in [0.25, 0.3) is 5.91 Å². The number of hydrogen-bond acceptors (Lipinski definition) is 14. The minimum absolute atomic E-state index is 0. The van der Waals surface area contributed by atoms with Crippen molar-refractivity contribution < 1.29 is 117 Å². The number of amides is 6. The maximum atomic E-state index is 12.6. The van der Waals surface area contributed by atoms with Gasteiger partial charge in [-0.25, -0.2) is 29.1 Å². The number of likely N-dealkylation sites (tertiary alicyclic amines) is 2. The second kappa shape index (κ2) is 46.6. The maximum absolute atomic E-state index is 12.6. The third-order valence-corrected chi connectivity index (χ3v) is 14.9. The van der Waals surface area contributed by atoms with E-state index in [0.29, 0.717) is 37.8 Å². The van der Waals surface area contributed by atoms with Gasteiger partial charge >= 0.3 is 25.4 Å². The van der Waals surface area contributed by atoms with Gasteiger partial charge in [0, 0.05) is 81.3 Å². The standard InChI is InChI=1S/C18H24ClNO4.C17H22ClNO4.C10H15NO3.2C8H12.C7H8BClO3.CH3I.2H2O.2Rh/c1-10-15(12-7-8-14(23-6)13(19)9-12)11(2)20(16(10)21)17(22)24-18(3,4)5;1-10-12(11-6-7-14(22-5)13(18)8-11)9-15(20)19(10)16(21)23-17(2,3)4;1-7-5-6-8(12)11(7)9(13)14-10(2,3)4;2*1-2-4-6-8-7-5-3-1;1-12-7-3-2-5(8(10)11)4-6(7)9;1-2;;;;/h7-11,15H,1-6H3;6-8,10,12H,9H2,1-5H3;5-7H,1-4H3;2*1-2,7-8H,3-6H2;2-4,10-11H,1H3;1H3;2*1H2;;/b;;;2*2-1-,8-7?;;;;;;/t10-,11+,15-;10-,12+;7-;;;;;;;;/m100......../s1. The molecule has 0 unspecified atom stereocenters. The average Bonchev–Trinajstić information content (AvgIpc) is 1.64. The van der Waals surface area contributed by atoms with E-state index in [2.05, 4.69) is 71.2 Å². The molecule has 2 aliphatic carbocycles. The molecule has 2 saturated heterocycles. The largest absolute Gasteiger partial charge is 0.495 e. The molecule has 6 atom stereocenters. The summed E-state index contributed by atoms with van der Waals surface area (Å²) < 4.78 is 31.0. The quantitative estimate of drug-likeness (QED) is 0.0764. The SMILES string of the molecule is C1=CCC/C=C\CC1.C1=CCC/C=C\CC1.CI.COc1ccc(B(O)O)cc1Cl.COc1ccc([C@@H]2CC(=O)N(C(=O)OC(C)(C)C)[C@H]2C)cc1Cl.COc1ccc([C@@H]2[C@@H](C)C(=O)N(C(=O)OC(C)(C)C)[C@H]2C)cc1Cl.C[C@H]1C=CC(=O)N1C(=O)OC(C)(C)C.O.O.[Rh].[Rh]. The zero-order chi connectivity index (χ0) is 69.0. The first kappa shape index (κ1) is 94.5. The van der Waals surface area contributed by atoms with Gasteiger partial charge < -0.3 is 49.4 Å². The van der Waals surface area contributed by atoms with Crippen molar-refractivity contribution in [1.29, 1.82) is 0 Å². The van der Waals surface area contributed by atoms with E-state index in [1.807, 2.05) is 37.8 Å². The smallest absolute Gasteiger partial charge is 0.488 e. The van der Waals surface area contributed by atoms with Crippen LogP contribution in [0.1, 0.15) is 171 Å². The molecule has 0 saturated carbocycles. The Kier molecular flexibility index (Phi) is 46.3. The van der Waals surface area contributed by atoms with E-state index in [4.69, 9.17) is 73.3 Å². The number of methoxy groups -OCH3 is 3. The van der Waals surface area contributed by atoms with Crippen molar-refractivity contribution in [3.63, 3.8) is 0 Å². The molecule has 6 N–H and O–H groups in total. The Morgan fingerprint density at radius 2 is 0.853 bits per heavy atom. The number of allylic oxidation sites excluding steroid dienone is 8. The van der Waals surface area contributed by atoms with Gasteiger partial charge in [0.1, 0.15) is 34.1 Å². The van der Waals surface area contributed by atoms with E-state index in [-0.39, 0.29) is 110 Å². The topological polar surface area (TPSA) is 271 Å². The van der Waals surface area contributed by atoms with E-state index in [1.165, 1.54) is 86.5 Å². The number of halogens is 4. The number of alkyl halides is 1. The molecule has 2 radical (unpaired) electrons. The maximum Gasteiger partial charge on any atom is 0.488 e. The van der Waals surface area contributed by atoms with Crippen LogP contribution in [0.2, 0.25) is 15.1 Å². The summed E-state index contributed by atoms with van der Waals surface area (Å²) in [7, 11) is 3.10. The molecule has 2 fully saturated rings. The van der Waals surface area contributed by atoms with Crippen molar-refractivity contribution in [1.82, 2.24) is 14.7 Å². The average molecular weight is 1680 g/mol. The molecule has 0 aromatic heterocycles. The van der Waals surface area contributed by atoms with Crippen LogP contribution in [0.15, 0.2) is 115 Å². The van der Waals surface area contributed by atoms with Crippen molar-refractivity contribution >= 4 is 106 Å². The summed E-state index contributed by atoms with van der Waals surface area (Å²) in [6, 6.07) is 14.6. The van der Waals surface area contributed by atoms with Crippen LogP contribution < -0.4 is 19.7 Å². The van der Waals surface area contributed by atoms with Gasteiger partial charge in [0.2, 0.25) is 11.8 Å². The molecule has 3 aliphatic heterocycles. The zero-order valence-electron chi connectivity index (χ0n) is 57.7. The summed E-state index contributed by atoms with van der Waals surface area (Å²) in [5.41, 5.74) is 0.295. The van der Waals surface area contributed by atoms with Crippen LogP contribution in [0.25, 0.3) is 0 Å². The summed E-state index contributed by atoms with van der Waals surface area (Å²) in [5.74, 6) is 0.305. The second-order valence-electron chi connectivity index (χ2n) is 24.6. The van der Waals surface area contributed by atoms with Crippen LogP contribution in [0.3, 0.4) is 0 Å². The number of imide groups is 3. The van der Waals surface area contributed by atoms with Crippen LogP contribution in [0.4, 0.5) is 14.4 Å². The van der Waals surface area contributed by atoms with Crippen molar-refractivity contribution in [2.24, 2.45) is 5.92 Å². The Morgan fingerprint density at radius 3 is 1.18 bits per heavy atom. The van der Waals surface area contributed by atoms with Crippen molar-refractivity contribution in [3.8, 4) is 17.2 Å². The number of hydrogen-bond donors (Lipinski definition) is 2. The molecule has 3 aromatic rings. The predicted molar refractivity (Wildman–Crippen MR) is 381 cm³/mol. The van der Waals surface area contributed by atoms with E-state index in [9.17, 15) is 28.8 Å². The fourth-order valence-electron chi connectivity index (χ4n) is 9.64. The molecule has 6 amide bonds. The first-order chi connectivity index (χ1) is 42.7. The molecule has 95 heavy (non-hydrogen) atoms. The molecule has 19 nitrogen and oxygen atoms in total. The fourth-order valence-corrected chi connectivity index (χ4v) is 10.4. The van der Waals surface area contributed by atoms with Gasteiger partial charge in [0.15, 0.2) is 0 Å². The van der Waals surface area contributed by atoms with E-state index < -0.39 is 42.2 Å². The van der Waals surface area contributed by atoms with Gasteiger partial charge in [-0.2, -0.15) is 0 Å². The zero-order valence-corrected chi connectivity index (χ0v) is 65.4. The molecule has 8 rings (SSSR count). The van der Waals surface area contributed by atoms with Crippen molar-refractivity contribution in [2.45, 2.75) is 195 Å². The Bertz CT molecular complexity index is 2940. The second-order valence-corrected chi connectivity index (χ2v) is 25.8. The predicted octanol–water partition coefficient (Wildman–Crippen LogP) is 14.7. The normalized spacial score (nSPS) is 19.8. The minimum Gasteiger partial charge on any atom is -0.495 e. The number of carbonyl (C=O) groups is 6. The number of carbonyl (C=O) groups excluding carboxylic acids is 6. The Hall–Kier alpha value is -4.67. The van der Waals surface area contributed by atoms with Gasteiger partial charge in [-0.3, -0.25) is 14.4 Å². The molecule has 0 spiro atoms. The Morgan fingerprint density at radius 1 is 0.516 bits per heavy atom. The first-order valence-corrected chi connectivity index (χ1v) is 33.7. The summed E-state index contributed by atoms with van der Waals surface area (Å²) in [6.07, 6.45) is 29.5. The molecular formula is C69H100BCl3IN3O16Rh2. The van der Waals surface area contributed by atoms with Crippen LogP contribution >= 0.6 is 57.4 Å². The number of rotatable bonds is 6. The minimum atomic E-state index is -1.49. The van der Waals surface area contributed by atoms with Crippen LogP contribution in [0, 0.1) is 5.92 Å². The van der Waals surface area contributed by atoms with E-state index >= 15 is 0 Å². The third kappa shape index (κ3) is 32.7. The number of ether oxygens (including phenoxy) is 6. The van der Waals surface area contributed by atoms with Gasteiger partial charge in [-0.15, -0.1) is 0 Å².